The van der Waals surface area contributed by atoms with Crippen molar-refractivity contribution in [2.24, 2.45) is 11.8 Å². The highest BCUT2D eigenvalue weighted by Gasteiger charge is 2.14. The van der Waals surface area contributed by atoms with Crippen LogP contribution in [0.3, 0.4) is 0 Å². The van der Waals surface area contributed by atoms with Gasteiger partial charge in [0.2, 0.25) is 0 Å². The van der Waals surface area contributed by atoms with Crippen molar-refractivity contribution < 1.29 is 19.8 Å². The molecule has 0 amide bonds. The summed E-state index contributed by atoms with van der Waals surface area (Å²) in [6, 6.07) is 0. The van der Waals surface area contributed by atoms with Crippen LogP contribution in [0.5, 0.6) is 0 Å². The predicted molar refractivity (Wildman–Crippen MR) is 70.3 cm³/mol. The molecule has 0 rings (SSSR count). The van der Waals surface area contributed by atoms with Crippen molar-refractivity contribution in [3.63, 3.8) is 0 Å². The van der Waals surface area contributed by atoms with Crippen LogP contribution in [0, 0.1) is 11.8 Å². The highest BCUT2D eigenvalue weighted by molar-refractivity contribution is 5.95. The van der Waals surface area contributed by atoms with Crippen molar-refractivity contribution in [3.05, 3.63) is 36.5 Å². The maximum absolute atomic E-state index is 10.9. The molecule has 0 saturated heterocycles. The molecule has 0 aromatic rings. The molecule has 4 nitrogen and oxygen atoms in total. The molecule has 0 aromatic carbocycles. The van der Waals surface area contributed by atoms with E-state index < -0.39 is 17.9 Å². The molecule has 0 aliphatic carbocycles. The van der Waals surface area contributed by atoms with Gasteiger partial charge in [-0.05, 0) is 18.8 Å². The first-order valence-corrected chi connectivity index (χ1v) is 5.85. The third-order valence-corrected chi connectivity index (χ3v) is 2.63. The Morgan fingerprint density at radius 2 is 1.89 bits per heavy atom. The molecule has 0 aliphatic rings. The number of hydrogen-bond acceptors (Lipinski definition) is 2. The largest absolute Gasteiger partial charge is 0.478 e. The quantitative estimate of drug-likeness (QED) is 0.514. The Balaban J connectivity index is 4.48. The van der Waals surface area contributed by atoms with E-state index in [1.54, 1.807) is 13.0 Å². The zero-order valence-electron chi connectivity index (χ0n) is 10.8. The molecule has 0 spiro atoms. The summed E-state index contributed by atoms with van der Waals surface area (Å²) in [5.41, 5.74) is -0.115. The summed E-state index contributed by atoms with van der Waals surface area (Å²) in [6.45, 7) is 7.40. The molecule has 0 heterocycles. The zero-order chi connectivity index (χ0) is 14.1. The number of carboxylic acids is 2. The van der Waals surface area contributed by atoms with Crippen molar-refractivity contribution in [3.8, 4) is 0 Å². The average Bonchev–Trinajstić information content (AvgIpc) is 2.30. The van der Waals surface area contributed by atoms with E-state index in [-0.39, 0.29) is 5.57 Å². The summed E-state index contributed by atoms with van der Waals surface area (Å²) in [7, 11) is 0. The van der Waals surface area contributed by atoms with E-state index >= 15 is 0 Å². The normalized spacial score (nSPS) is 15.3. The lowest BCUT2D eigenvalue weighted by Gasteiger charge is -2.07. The van der Waals surface area contributed by atoms with Gasteiger partial charge < -0.3 is 10.2 Å². The Labute approximate surface area is 107 Å². The first kappa shape index (κ1) is 16.2. The Bertz CT molecular complexity index is 366. The summed E-state index contributed by atoms with van der Waals surface area (Å²) < 4.78 is 0. The summed E-state index contributed by atoms with van der Waals surface area (Å²) in [5, 5.41) is 17.5. The summed E-state index contributed by atoms with van der Waals surface area (Å²) in [5.74, 6) is -2.45. The minimum Gasteiger partial charge on any atom is -0.478 e. The lowest BCUT2D eigenvalue weighted by atomic mass is 9.98. The minimum absolute atomic E-state index is 0.115. The van der Waals surface area contributed by atoms with Crippen LogP contribution in [-0.2, 0) is 9.59 Å². The van der Waals surface area contributed by atoms with Gasteiger partial charge in [-0.15, -0.1) is 6.58 Å². The molecule has 100 valence electrons. The van der Waals surface area contributed by atoms with E-state index in [0.717, 1.165) is 18.9 Å². The van der Waals surface area contributed by atoms with E-state index in [4.69, 9.17) is 10.2 Å². The molecule has 2 N–H and O–H groups in total. The molecule has 0 aliphatic heterocycles. The number of aliphatic carboxylic acids is 2. The van der Waals surface area contributed by atoms with Crippen molar-refractivity contribution in [2.45, 2.75) is 26.7 Å². The van der Waals surface area contributed by atoms with Crippen LogP contribution < -0.4 is 0 Å². The maximum Gasteiger partial charge on any atom is 0.332 e. The molecule has 18 heavy (non-hydrogen) atoms. The third-order valence-electron chi connectivity index (χ3n) is 2.63. The minimum atomic E-state index is -1.24. The summed E-state index contributed by atoms with van der Waals surface area (Å²) in [6.07, 6.45) is 7.96. The third kappa shape index (κ3) is 6.68. The van der Waals surface area contributed by atoms with Crippen LogP contribution in [0.15, 0.2) is 36.5 Å². The lowest BCUT2D eigenvalue weighted by Crippen LogP contribution is -2.10. The summed E-state index contributed by atoms with van der Waals surface area (Å²) >= 11 is 0. The smallest absolute Gasteiger partial charge is 0.332 e. The maximum atomic E-state index is 10.9. The Hall–Kier alpha value is -1.84. The Morgan fingerprint density at radius 1 is 1.28 bits per heavy atom. The van der Waals surface area contributed by atoms with Gasteiger partial charge in [0.05, 0.1) is 5.57 Å². The fourth-order valence-electron chi connectivity index (χ4n) is 1.40. The van der Waals surface area contributed by atoms with Crippen LogP contribution in [0.2, 0.25) is 0 Å². The molecule has 0 bridgehead atoms. The predicted octanol–water partition coefficient (Wildman–Crippen LogP) is 2.88. The van der Waals surface area contributed by atoms with Crippen molar-refractivity contribution in [1.29, 1.82) is 0 Å². The van der Waals surface area contributed by atoms with Crippen LogP contribution in [0.4, 0.5) is 0 Å². The molecule has 4 heteroatoms. The number of carbonyl (C=O) groups is 2. The van der Waals surface area contributed by atoms with Crippen LogP contribution >= 0.6 is 0 Å². The van der Waals surface area contributed by atoms with Crippen molar-refractivity contribution in [2.75, 3.05) is 0 Å². The van der Waals surface area contributed by atoms with Gasteiger partial charge >= 0.3 is 11.9 Å². The van der Waals surface area contributed by atoms with Crippen molar-refractivity contribution >= 4 is 11.9 Å². The number of rotatable bonds is 8. The van der Waals surface area contributed by atoms with E-state index in [0.29, 0.717) is 5.92 Å². The molecular weight excluding hydrogens is 232 g/mol. The van der Waals surface area contributed by atoms with Crippen LogP contribution in [0.1, 0.15) is 26.7 Å². The van der Waals surface area contributed by atoms with E-state index in [1.165, 1.54) is 0 Å². The van der Waals surface area contributed by atoms with Gasteiger partial charge in [0, 0.05) is 12.0 Å². The number of carboxylic acid groups (broad SMARTS) is 2. The van der Waals surface area contributed by atoms with Gasteiger partial charge in [-0.2, -0.15) is 0 Å². The van der Waals surface area contributed by atoms with E-state index in [1.807, 2.05) is 12.2 Å². The second-order valence-corrected chi connectivity index (χ2v) is 4.25. The molecule has 0 aromatic heterocycles. The molecule has 2 unspecified atom stereocenters. The van der Waals surface area contributed by atoms with Gasteiger partial charge in [0.15, 0.2) is 0 Å². The Morgan fingerprint density at radius 3 is 2.33 bits per heavy atom. The van der Waals surface area contributed by atoms with Gasteiger partial charge in [-0.3, -0.25) is 0 Å². The van der Waals surface area contributed by atoms with Crippen molar-refractivity contribution in [1.82, 2.24) is 0 Å². The van der Waals surface area contributed by atoms with E-state index in [9.17, 15) is 9.59 Å². The van der Waals surface area contributed by atoms with Crippen LogP contribution in [-0.4, -0.2) is 22.2 Å². The highest BCUT2D eigenvalue weighted by Crippen LogP contribution is 2.14. The lowest BCUT2D eigenvalue weighted by molar-refractivity contribution is -0.135. The molecule has 0 saturated carbocycles. The zero-order valence-corrected chi connectivity index (χ0v) is 10.8. The van der Waals surface area contributed by atoms with Gasteiger partial charge in [-0.25, -0.2) is 9.59 Å². The first-order valence-electron chi connectivity index (χ1n) is 5.85. The van der Waals surface area contributed by atoms with Gasteiger partial charge in [0.25, 0.3) is 0 Å². The van der Waals surface area contributed by atoms with Crippen LogP contribution in [0.25, 0.3) is 0 Å². The molecule has 0 radical (unpaired) electrons. The SMILES string of the molecule is C=CC(C)CC/C=C/C(C)/C(=C/C(=O)O)C(=O)O. The first-order chi connectivity index (χ1) is 8.38. The standard InChI is InChI=1S/C14H20O4/c1-4-10(2)7-5-6-8-11(3)12(14(17)18)9-13(15)16/h4,6,8-11H,1,5,7H2,2-3H3,(H,15,16)(H,17,18)/b8-6+,12-9-. The fourth-order valence-corrected chi connectivity index (χ4v) is 1.40. The fraction of sp³-hybridized carbons (Fsp3) is 0.429. The summed E-state index contributed by atoms with van der Waals surface area (Å²) in [4.78, 5) is 21.4. The second-order valence-electron chi connectivity index (χ2n) is 4.25. The Kier molecular flexibility index (Phi) is 7.43. The molecular formula is C14H20O4. The molecule has 0 fully saturated rings. The number of allylic oxidation sites excluding steroid dienone is 3. The average molecular weight is 252 g/mol. The number of hydrogen-bond donors (Lipinski definition) is 2. The molecule has 2 atom stereocenters. The van der Waals surface area contributed by atoms with Gasteiger partial charge in [-0.1, -0.05) is 32.1 Å². The van der Waals surface area contributed by atoms with E-state index in [2.05, 4.69) is 13.5 Å². The van der Waals surface area contributed by atoms with Gasteiger partial charge in [0.1, 0.15) is 0 Å². The monoisotopic (exact) mass is 252 g/mol. The highest BCUT2D eigenvalue weighted by atomic mass is 16.4. The second kappa shape index (κ2) is 8.28. The topological polar surface area (TPSA) is 74.6 Å².